The average molecular weight is 317 g/mol. The van der Waals surface area contributed by atoms with Crippen LogP contribution < -0.4 is 14.8 Å². The topological polar surface area (TPSA) is 47.6 Å². The number of hydrogen-bond acceptors (Lipinski definition) is 4. The molecule has 1 aromatic carbocycles. The van der Waals surface area contributed by atoms with Gasteiger partial charge in [0.1, 0.15) is 18.1 Å². The molecule has 0 aliphatic carbocycles. The second-order valence-electron chi connectivity index (χ2n) is 5.31. The molecule has 116 valence electrons. The van der Waals surface area contributed by atoms with Gasteiger partial charge in [0, 0.05) is 11.4 Å². The van der Waals surface area contributed by atoms with E-state index in [1.165, 1.54) is 4.88 Å². The van der Waals surface area contributed by atoms with E-state index in [2.05, 4.69) is 16.8 Å². The third-order valence-corrected chi connectivity index (χ3v) is 4.73. The smallest absolute Gasteiger partial charge is 0.226 e. The lowest BCUT2D eigenvalue weighted by molar-refractivity contribution is -0.126. The number of amides is 1. The van der Waals surface area contributed by atoms with Crippen molar-refractivity contribution in [3.05, 3.63) is 46.2 Å². The highest BCUT2D eigenvalue weighted by molar-refractivity contribution is 7.09. The van der Waals surface area contributed by atoms with Crippen molar-refractivity contribution in [3.63, 3.8) is 0 Å². The highest BCUT2D eigenvalue weighted by Gasteiger charge is 2.26. The summed E-state index contributed by atoms with van der Waals surface area (Å²) in [7, 11) is 1.64. The van der Waals surface area contributed by atoms with E-state index < -0.39 is 0 Å². The Kier molecular flexibility index (Phi) is 4.63. The van der Waals surface area contributed by atoms with E-state index in [9.17, 15) is 4.79 Å². The Morgan fingerprint density at radius 2 is 2.36 bits per heavy atom. The molecule has 0 spiro atoms. The van der Waals surface area contributed by atoms with Crippen molar-refractivity contribution in [2.75, 3.05) is 20.3 Å². The first-order valence-corrected chi connectivity index (χ1v) is 8.24. The second kappa shape index (κ2) is 6.83. The van der Waals surface area contributed by atoms with Crippen LogP contribution in [0.3, 0.4) is 0 Å². The first-order chi connectivity index (χ1) is 10.8. The first-order valence-electron chi connectivity index (χ1n) is 7.36. The molecular formula is C17H19NO3S. The van der Waals surface area contributed by atoms with Crippen LogP contribution in [0.25, 0.3) is 0 Å². The van der Waals surface area contributed by atoms with Crippen LogP contribution in [-0.4, -0.2) is 26.2 Å². The first kappa shape index (κ1) is 14.9. The number of nitrogens with one attached hydrogen (secondary N) is 1. The van der Waals surface area contributed by atoms with Gasteiger partial charge in [0.15, 0.2) is 0 Å². The summed E-state index contributed by atoms with van der Waals surface area (Å²) in [5.74, 6) is 1.57. The molecule has 4 nitrogen and oxygen atoms in total. The van der Waals surface area contributed by atoms with Crippen molar-refractivity contribution < 1.29 is 14.3 Å². The Morgan fingerprint density at radius 3 is 3.14 bits per heavy atom. The molecule has 0 unspecified atom stereocenters. The molecule has 0 radical (unpaired) electrons. The summed E-state index contributed by atoms with van der Waals surface area (Å²) in [5.41, 5.74) is 1.03. The molecule has 2 heterocycles. The van der Waals surface area contributed by atoms with Crippen molar-refractivity contribution in [3.8, 4) is 11.5 Å². The summed E-state index contributed by atoms with van der Waals surface area (Å²) in [4.78, 5) is 13.6. The fraction of sp³-hybridized carbons (Fsp3) is 0.353. The van der Waals surface area contributed by atoms with Gasteiger partial charge in [-0.3, -0.25) is 4.79 Å². The number of ether oxygens (including phenoxy) is 2. The summed E-state index contributed by atoms with van der Waals surface area (Å²) in [5, 5.41) is 5.06. The number of benzene rings is 1. The van der Waals surface area contributed by atoms with E-state index in [0.29, 0.717) is 19.6 Å². The second-order valence-corrected chi connectivity index (χ2v) is 6.34. The number of carbonyl (C=O) groups excluding carboxylic acids is 1. The molecule has 0 saturated carbocycles. The molecule has 1 amide bonds. The molecule has 22 heavy (non-hydrogen) atoms. The SMILES string of the molecule is COc1ccc2c(c1)C[C@H](C(=O)NCCc1cccs1)CO2. The van der Waals surface area contributed by atoms with Gasteiger partial charge in [-0.2, -0.15) is 0 Å². The standard InChI is InChI=1S/C17H19NO3S/c1-20-14-4-5-16-12(10-14)9-13(11-21-16)17(19)18-7-6-15-3-2-8-22-15/h2-5,8,10,13H,6-7,9,11H2,1H3,(H,18,19)/t13-/m0/s1. The van der Waals surface area contributed by atoms with Gasteiger partial charge < -0.3 is 14.8 Å². The lowest BCUT2D eigenvalue weighted by Gasteiger charge is -2.25. The van der Waals surface area contributed by atoms with Crippen LogP contribution in [0.15, 0.2) is 35.7 Å². The zero-order valence-corrected chi connectivity index (χ0v) is 13.3. The van der Waals surface area contributed by atoms with Crippen molar-refractivity contribution >= 4 is 17.2 Å². The zero-order chi connectivity index (χ0) is 15.4. The lowest BCUT2D eigenvalue weighted by Crippen LogP contribution is -2.38. The third-order valence-electron chi connectivity index (χ3n) is 3.80. The Balaban J connectivity index is 1.55. The van der Waals surface area contributed by atoms with Gasteiger partial charge in [0.25, 0.3) is 0 Å². The van der Waals surface area contributed by atoms with E-state index in [1.54, 1.807) is 18.4 Å². The maximum Gasteiger partial charge on any atom is 0.226 e. The number of thiophene rings is 1. The lowest BCUT2D eigenvalue weighted by atomic mass is 9.96. The van der Waals surface area contributed by atoms with E-state index >= 15 is 0 Å². The minimum absolute atomic E-state index is 0.0602. The molecular weight excluding hydrogens is 298 g/mol. The largest absolute Gasteiger partial charge is 0.497 e. The van der Waals surface area contributed by atoms with Crippen molar-refractivity contribution in [1.82, 2.24) is 5.32 Å². The van der Waals surface area contributed by atoms with Crippen molar-refractivity contribution in [2.45, 2.75) is 12.8 Å². The van der Waals surface area contributed by atoms with Crippen LogP contribution in [0.5, 0.6) is 11.5 Å². The third kappa shape index (κ3) is 3.42. The summed E-state index contributed by atoms with van der Waals surface area (Å²) in [6, 6.07) is 9.84. The van der Waals surface area contributed by atoms with Crippen LogP contribution >= 0.6 is 11.3 Å². The molecule has 0 bridgehead atoms. The minimum Gasteiger partial charge on any atom is -0.497 e. The highest BCUT2D eigenvalue weighted by atomic mass is 32.1. The molecule has 1 aliphatic heterocycles. The number of rotatable bonds is 5. The van der Waals surface area contributed by atoms with Gasteiger partial charge in [-0.1, -0.05) is 6.07 Å². The van der Waals surface area contributed by atoms with E-state index in [1.807, 2.05) is 24.3 Å². The van der Waals surface area contributed by atoms with Crippen LogP contribution in [-0.2, 0) is 17.6 Å². The predicted molar refractivity (Wildman–Crippen MR) is 86.7 cm³/mol. The molecule has 3 rings (SSSR count). The van der Waals surface area contributed by atoms with Crippen molar-refractivity contribution in [2.24, 2.45) is 5.92 Å². The molecule has 0 saturated heterocycles. The van der Waals surface area contributed by atoms with Gasteiger partial charge in [-0.25, -0.2) is 0 Å². The quantitative estimate of drug-likeness (QED) is 0.922. The van der Waals surface area contributed by atoms with Crippen LogP contribution in [0, 0.1) is 5.92 Å². The molecule has 2 aromatic rings. The Morgan fingerprint density at radius 1 is 1.45 bits per heavy atom. The molecule has 0 fully saturated rings. The summed E-state index contributed by atoms with van der Waals surface area (Å²) in [6.07, 6.45) is 1.57. The maximum absolute atomic E-state index is 12.3. The monoisotopic (exact) mass is 317 g/mol. The molecule has 5 heteroatoms. The van der Waals surface area contributed by atoms with E-state index in [4.69, 9.17) is 9.47 Å². The van der Waals surface area contributed by atoms with Crippen molar-refractivity contribution in [1.29, 1.82) is 0 Å². The average Bonchev–Trinajstić information content (AvgIpc) is 3.07. The van der Waals surface area contributed by atoms with Gasteiger partial charge in [0.2, 0.25) is 5.91 Å². The van der Waals surface area contributed by atoms with Crippen LogP contribution in [0.1, 0.15) is 10.4 Å². The minimum atomic E-state index is -0.136. The number of fused-ring (bicyclic) bond motifs is 1. The van der Waals surface area contributed by atoms with Gasteiger partial charge in [-0.15, -0.1) is 11.3 Å². The van der Waals surface area contributed by atoms with Gasteiger partial charge in [-0.05, 0) is 48.1 Å². The summed E-state index contributed by atoms with van der Waals surface area (Å²) in [6.45, 7) is 1.10. The zero-order valence-electron chi connectivity index (χ0n) is 12.5. The van der Waals surface area contributed by atoms with Gasteiger partial charge in [0.05, 0.1) is 13.0 Å². The number of hydrogen-bond donors (Lipinski definition) is 1. The fourth-order valence-electron chi connectivity index (χ4n) is 2.57. The molecule has 1 aliphatic rings. The Hall–Kier alpha value is -2.01. The molecule has 1 N–H and O–H groups in total. The van der Waals surface area contributed by atoms with E-state index in [0.717, 1.165) is 23.5 Å². The summed E-state index contributed by atoms with van der Waals surface area (Å²) < 4.78 is 10.9. The predicted octanol–water partition coefficient (Wildman–Crippen LogP) is 2.67. The Labute approximate surface area is 134 Å². The number of carbonyl (C=O) groups is 1. The molecule has 1 atom stereocenters. The normalized spacial score (nSPS) is 16.5. The Bertz CT molecular complexity index is 639. The highest BCUT2D eigenvalue weighted by Crippen LogP contribution is 2.30. The van der Waals surface area contributed by atoms with Crippen LogP contribution in [0.4, 0.5) is 0 Å². The van der Waals surface area contributed by atoms with Gasteiger partial charge >= 0.3 is 0 Å². The molecule has 1 aromatic heterocycles. The maximum atomic E-state index is 12.3. The van der Waals surface area contributed by atoms with Crippen LogP contribution in [0.2, 0.25) is 0 Å². The number of methoxy groups -OCH3 is 1. The summed E-state index contributed by atoms with van der Waals surface area (Å²) >= 11 is 1.72. The fourth-order valence-corrected chi connectivity index (χ4v) is 3.28. The van der Waals surface area contributed by atoms with E-state index in [-0.39, 0.29) is 11.8 Å².